The second kappa shape index (κ2) is 4.49. The van der Waals surface area contributed by atoms with Crippen molar-refractivity contribution in [3.63, 3.8) is 0 Å². The highest BCUT2D eigenvalue weighted by Crippen LogP contribution is 2.29. The van der Waals surface area contributed by atoms with Gasteiger partial charge in [0.2, 0.25) is 0 Å². The van der Waals surface area contributed by atoms with Crippen LogP contribution in [0.1, 0.15) is 12.8 Å². The van der Waals surface area contributed by atoms with Gasteiger partial charge in [-0.3, -0.25) is 0 Å². The van der Waals surface area contributed by atoms with Crippen molar-refractivity contribution in [2.45, 2.75) is 18.9 Å². The van der Waals surface area contributed by atoms with E-state index in [1.54, 1.807) is 6.07 Å². The first-order chi connectivity index (χ1) is 7.27. The molecule has 1 heterocycles. The Kier molecular flexibility index (Phi) is 3.06. The standard InChI is InChI=1S/C11H14FNO2/c12-9-4-1-5-10(11(9)14)15-8-3-2-6-13-7-8/h1,4-5,8,13-14H,2-3,6-7H2. The first kappa shape index (κ1) is 10.2. The molecule has 0 saturated carbocycles. The fourth-order valence-corrected chi connectivity index (χ4v) is 1.69. The molecular weight excluding hydrogens is 197 g/mol. The molecule has 15 heavy (non-hydrogen) atoms. The molecule has 0 amide bonds. The van der Waals surface area contributed by atoms with Gasteiger partial charge in [-0.15, -0.1) is 0 Å². The predicted molar refractivity (Wildman–Crippen MR) is 54.6 cm³/mol. The first-order valence-electron chi connectivity index (χ1n) is 5.12. The second-order valence-corrected chi connectivity index (χ2v) is 3.67. The lowest BCUT2D eigenvalue weighted by Gasteiger charge is -2.24. The molecule has 1 aromatic rings. The minimum atomic E-state index is -0.642. The van der Waals surface area contributed by atoms with Crippen LogP contribution in [0.2, 0.25) is 0 Å². The molecule has 1 aliphatic rings. The molecule has 1 unspecified atom stereocenters. The van der Waals surface area contributed by atoms with Gasteiger partial charge in [0.15, 0.2) is 17.3 Å². The minimum Gasteiger partial charge on any atom is -0.502 e. The molecule has 0 bridgehead atoms. The maximum atomic E-state index is 13.0. The summed E-state index contributed by atoms with van der Waals surface area (Å²) in [6.45, 7) is 1.74. The Bertz CT molecular complexity index is 337. The summed E-state index contributed by atoms with van der Waals surface area (Å²) in [4.78, 5) is 0. The van der Waals surface area contributed by atoms with Crippen LogP contribution < -0.4 is 10.1 Å². The summed E-state index contributed by atoms with van der Waals surface area (Å²) in [5.41, 5.74) is 0. The molecule has 1 saturated heterocycles. The Morgan fingerprint density at radius 1 is 1.47 bits per heavy atom. The Morgan fingerprint density at radius 2 is 2.33 bits per heavy atom. The summed E-state index contributed by atoms with van der Waals surface area (Å²) >= 11 is 0. The molecule has 0 radical (unpaired) electrons. The molecule has 0 aliphatic carbocycles. The van der Waals surface area contributed by atoms with Gasteiger partial charge in [0, 0.05) is 6.54 Å². The number of piperidine rings is 1. The van der Waals surface area contributed by atoms with E-state index in [2.05, 4.69) is 5.32 Å². The lowest BCUT2D eigenvalue weighted by molar-refractivity contribution is 0.160. The number of phenolic OH excluding ortho intramolecular Hbond substituents is 1. The first-order valence-corrected chi connectivity index (χ1v) is 5.12. The van der Waals surface area contributed by atoms with Gasteiger partial charge in [-0.1, -0.05) is 6.07 Å². The zero-order valence-corrected chi connectivity index (χ0v) is 8.37. The highest BCUT2D eigenvalue weighted by Gasteiger charge is 2.17. The molecule has 82 valence electrons. The van der Waals surface area contributed by atoms with Gasteiger partial charge in [-0.25, -0.2) is 4.39 Å². The number of hydrogen-bond acceptors (Lipinski definition) is 3. The highest BCUT2D eigenvalue weighted by molar-refractivity contribution is 5.39. The summed E-state index contributed by atoms with van der Waals surface area (Å²) in [6.07, 6.45) is 2.00. The number of aromatic hydroxyl groups is 1. The Labute approximate surface area is 87.9 Å². The van der Waals surface area contributed by atoms with E-state index in [0.717, 1.165) is 25.9 Å². The molecule has 1 atom stereocenters. The number of phenols is 1. The van der Waals surface area contributed by atoms with E-state index < -0.39 is 11.6 Å². The summed E-state index contributed by atoms with van der Waals surface area (Å²) in [5.74, 6) is -0.817. The minimum absolute atomic E-state index is 0.0199. The third-order valence-electron chi connectivity index (χ3n) is 2.50. The summed E-state index contributed by atoms with van der Waals surface area (Å²) in [5, 5.41) is 12.6. The van der Waals surface area contributed by atoms with E-state index in [4.69, 9.17) is 4.74 Å². The maximum Gasteiger partial charge on any atom is 0.194 e. The average molecular weight is 211 g/mol. The lowest BCUT2D eigenvalue weighted by atomic mass is 10.1. The van der Waals surface area contributed by atoms with Crippen molar-refractivity contribution in [3.8, 4) is 11.5 Å². The monoisotopic (exact) mass is 211 g/mol. The fourth-order valence-electron chi connectivity index (χ4n) is 1.69. The van der Waals surface area contributed by atoms with Gasteiger partial charge in [0.25, 0.3) is 0 Å². The van der Waals surface area contributed by atoms with Crippen LogP contribution in [0.15, 0.2) is 18.2 Å². The lowest BCUT2D eigenvalue weighted by Crippen LogP contribution is -2.37. The molecule has 0 spiro atoms. The van der Waals surface area contributed by atoms with E-state index >= 15 is 0 Å². The zero-order valence-electron chi connectivity index (χ0n) is 8.37. The normalized spacial score (nSPS) is 21.3. The molecule has 1 aromatic carbocycles. The summed E-state index contributed by atoms with van der Waals surface area (Å²) < 4.78 is 18.5. The van der Waals surface area contributed by atoms with Crippen LogP contribution in [-0.2, 0) is 0 Å². The number of rotatable bonds is 2. The number of ether oxygens (including phenoxy) is 1. The number of hydrogen-bond donors (Lipinski definition) is 2. The number of nitrogens with one attached hydrogen (secondary N) is 1. The fraction of sp³-hybridized carbons (Fsp3) is 0.455. The average Bonchev–Trinajstić information content (AvgIpc) is 2.26. The van der Waals surface area contributed by atoms with Gasteiger partial charge in [0.1, 0.15) is 6.10 Å². The number of benzene rings is 1. The van der Waals surface area contributed by atoms with Crippen LogP contribution in [0, 0.1) is 5.82 Å². The van der Waals surface area contributed by atoms with Gasteiger partial charge < -0.3 is 15.2 Å². The Balaban J connectivity index is 2.06. The third-order valence-corrected chi connectivity index (χ3v) is 2.50. The van der Waals surface area contributed by atoms with E-state index in [-0.39, 0.29) is 11.9 Å². The van der Waals surface area contributed by atoms with Crippen molar-refractivity contribution < 1.29 is 14.2 Å². The molecule has 4 heteroatoms. The molecular formula is C11H14FNO2. The van der Waals surface area contributed by atoms with Gasteiger partial charge in [0.05, 0.1) is 0 Å². The van der Waals surface area contributed by atoms with Crippen molar-refractivity contribution in [1.82, 2.24) is 5.32 Å². The zero-order chi connectivity index (χ0) is 10.7. The summed E-state index contributed by atoms with van der Waals surface area (Å²) in [6, 6.07) is 4.31. The van der Waals surface area contributed by atoms with Crippen molar-refractivity contribution in [2.75, 3.05) is 13.1 Å². The van der Waals surface area contributed by atoms with E-state index in [1.807, 2.05) is 0 Å². The molecule has 2 N–H and O–H groups in total. The predicted octanol–water partition coefficient (Wildman–Crippen LogP) is 1.66. The highest BCUT2D eigenvalue weighted by atomic mass is 19.1. The topological polar surface area (TPSA) is 41.5 Å². The van der Waals surface area contributed by atoms with Crippen LogP contribution in [0.25, 0.3) is 0 Å². The molecule has 1 fully saturated rings. The Morgan fingerprint density at radius 3 is 3.07 bits per heavy atom. The van der Waals surface area contributed by atoms with Crippen LogP contribution in [0.5, 0.6) is 11.5 Å². The third kappa shape index (κ3) is 2.39. The largest absolute Gasteiger partial charge is 0.502 e. The van der Waals surface area contributed by atoms with Crippen molar-refractivity contribution in [1.29, 1.82) is 0 Å². The van der Waals surface area contributed by atoms with Crippen LogP contribution in [0.4, 0.5) is 4.39 Å². The number of para-hydroxylation sites is 1. The molecule has 2 rings (SSSR count). The second-order valence-electron chi connectivity index (χ2n) is 3.67. The van der Waals surface area contributed by atoms with E-state index in [0.29, 0.717) is 0 Å². The van der Waals surface area contributed by atoms with Crippen molar-refractivity contribution in [2.24, 2.45) is 0 Å². The number of halogens is 1. The van der Waals surface area contributed by atoms with E-state index in [1.165, 1.54) is 12.1 Å². The maximum absolute atomic E-state index is 13.0. The van der Waals surface area contributed by atoms with Crippen LogP contribution >= 0.6 is 0 Å². The quantitative estimate of drug-likeness (QED) is 0.781. The SMILES string of the molecule is Oc1c(F)cccc1OC1CCCNC1. The molecule has 1 aliphatic heterocycles. The molecule has 3 nitrogen and oxygen atoms in total. The van der Waals surface area contributed by atoms with Gasteiger partial charge in [-0.2, -0.15) is 0 Å². The summed E-state index contributed by atoms with van der Waals surface area (Å²) in [7, 11) is 0. The van der Waals surface area contributed by atoms with Crippen LogP contribution in [-0.4, -0.2) is 24.3 Å². The Hall–Kier alpha value is -1.29. The van der Waals surface area contributed by atoms with Gasteiger partial charge >= 0.3 is 0 Å². The van der Waals surface area contributed by atoms with Crippen molar-refractivity contribution in [3.05, 3.63) is 24.0 Å². The van der Waals surface area contributed by atoms with Crippen LogP contribution in [0.3, 0.4) is 0 Å². The molecule has 0 aromatic heterocycles. The smallest absolute Gasteiger partial charge is 0.194 e. The van der Waals surface area contributed by atoms with Crippen molar-refractivity contribution >= 4 is 0 Å². The van der Waals surface area contributed by atoms with E-state index in [9.17, 15) is 9.50 Å². The van der Waals surface area contributed by atoms with Gasteiger partial charge in [-0.05, 0) is 31.5 Å².